The Hall–Kier alpha value is -1.42. The number of ether oxygens (including phenoxy) is 1. The molecule has 1 N–H and O–H groups in total. The molecule has 1 fully saturated rings. The van der Waals surface area contributed by atoms with E-state index in [4.69, 9.17) is 4.74 Å². The first-order valence-electron chi connectivity index (χ1n) is 6.41. The number of hydrogen-bond donors (Lipinski definition) is 1. The molecule has 0 aliphatic carbocycles. The van der Waals surface area contributed by atoms with E-state index in [2.05, 4.69) is 5.32 Å². The minimum atomic E-state index is -0.336. The van der Waals surface area contributed by atoms with Crippen LogP contribution in [0.5, 0.6) is 0 Å². The molecule has 0 radical (unpaired) electrons. The Morgan fingerprint density at radius 2 is 2.06 bits per heavy atom. The maximum absolute atomic E-state index is 13.7. The normalized spacial score (nSPS) is 24.5. The quantitative estimate of drug-likeness (QED) is 0.831. The van der Waals surface area contributed by atoms with Crippen LogP contribution in [0.3, 0.4) is 0 Å². The minimum Gasteiger partial charge on any atom is -0.381 e. The molecular formula is C14H16FNO2. The first-order chi connectivity index (χ1) is 8.75. The van der Waals surface area contributed by atoms with Crippen LogP contribution in [0.4, 0.5) is 10.1 Å². The van der Waals surface area contributed by atoms with E-state index in [0.29, 0.717) is 18.0 Å². The van der Waals surface area contributed by atoms with Crippen LogP contribution < -0.4 is 5.32 Å². The fraction of sp³-hybridized carbons (Fsp3) is 0.500. The summed E-state index contributed by atoms with van der Waals surface area (Å²) in [5.41, 5.74) is 1.33. The fourth-order valence-corrected chi connectivity index (χ4v) is 3.02. The second-order valence-corrected chi connectivity index (χ2v) is 5.01. The van der Waals surface area contributed by atoms with Crippen LogP contribution >= 0.6 is 0 Å². The Labute approximate surface area is 105 Å². The molecule has 0 saturated carbocycles. The van der Waals surface area contributed by atoms with Gasteiger partial charge < -0.3 is 10.1 Å². The van der Waals surface area contributed by atoms with Gasteiger partial charge in [0.1, 0.15) is 5.82 Å². The van der Waals surface area contributed by atoms with Gasteiger partial charge in [-0.1, -0.05) is 12.1 Å². The molecule has 4 heteroatoms. The van der Waals surface area contributed by atoms with Crippen LogP contribution in [0.15, 0.2) is 18.2 Å². The van der Waals surface area contributed by atoms with Gasteiger partial charge in [0.25, 0.3) is 0 Å². The van der Waals surface area contributed by atoms with E-state index in [9.17, 15) is 9.18 Å². The number of anilines is 1. The summed E-state index contributed by atoms with van der Waals surface area (Å²) in [7, 11) is 0. The lowest BCUT2D eigenvalue weighted by molar-refractivity contribution is -0.117. The summed E-state index contributed by atoms with van der Waals surface area (Å²) in [6, 6.07) is 5.04. The summed E-state index contributed by atoms with van der Waals surface area (Å²) in [6.45, 7) is 1.49. The molecule has 1 aromatic rings. The Balaban J connectivity index is 1.96. The number of amides is 1. The van der Waals surface area contributed by atoms with Crippen molar-refractivity contribution in [1.29, 1.82) is 0 Å². The molecule has 2 heterocycles. The van der Waals surface area contributed by atoms with Gasteiger partial charge in [-0.15, -0.1) is 0 Å². The fourth-order valence-electron chi connectivity index (χ4n) is 3.02. The molecule has 18 heavy (non-hydrogen) atoms. The molecule has 1 amide bonds. The lowest BCUT2D eigenvalue weighted by atomic mass is 9.77. The Morgan fingerprint density at radius 1 is 1.28 bits per heavy atom. The van der Waals surface area contributed by atoms with Crippen molar-refractivity contribution in [2.45, 2.75) is 25.2 Å². The first-order valence-corrected chi connectivity index (χ1v) is 6.41. The van der Waals surface area contributed by atoms with Crippen LogP contribution in [0.25, 0.3) is 0 Å². The van der Waals surface area contributed by atoms with E-state index in [1.165, 1.54) is 6.07 Å². The smallest absolute Gasteiger partial charge is 0.225 e. The van der Waals surface area contributed by atoms with Crippen molar-refractivity contribution in [3.8, 4) is 0 Å². The number of hydrogen-bond acceptors (Lipinski definition) is 2. The molecule has 1 aromatic carbocycles. The third kappa shape index (κ3) is 2.01. The summed E-state index contributed by atoms with van der Waals surface area (Å²) in [5, 5.41) is 2.65. The number of benzene rings is 1. The molecular weight excluding hydrogens is 233 g/mol. The van der Waals surface area contributed by atoms with Crippen molar-refractivity contribution in [3.63, 3.8) is 0 Å². The van der Waals surface area contributed by atoms with E-state index < -0.39 is 0 Å². The zero-order valence-corrected chi connectivity index (χ0v) is 10.1. The molecule has 0 spiro atoms. The van der Waals surface area contributed by atoms with Crippen molar-refractivity contribution in [1.82, 2.24) is 0 Å². The number of para-hydroxylation sites is 1. The summed E-state index contributed by atoms with van der Waals surface area (Å²) < 4.78 is 19.1. The average Bonchev–Trinajstić information content (AvgIpc) is 2.40. The number of nitrogens with one attached hydrogen (secondary N) is 1. The number of halogens is 1. The Bertz CT molecular complexity index is 469. The zero-order chi connectivity index (χ0) is 12.5. The van der Waals surface area contributed by atoms with Gasteiger partial charge in [-0.2, -0.15) is 0 Å². The molecule has 2 aliphatic rings. The first kappa shape index (κ1) is 11.7. The molecule has 1 saturated heterocycles. The molecule has 2 aliphatic heterocycles. The second kappa shape index (κ2) is 4.69. The highest BCUT2D eigenvalue weighted by Crippen LogP contribution is 2.41. The van der Waals surface area contributed by atoms with Crippen LogP contribution in [0, 0.1) is 11.7 Å². The van der Waals surface area contributed by atoms with Gasteiger partial charge >= 0.3 is 0 Å². The van der Waals surface area contributed by atoms with Crippen LogP contribution in [0.2, 0.25) is 0 Å². The standard InChI is InChI=1S/C14H16FNO2/c15-12-3-1-2-10-11(8-13(17)16-14(10)12)9-4-6-18-7-5-9/h1-3,9,11H,4-8H2,(H,16,17). The minimum absolute atomic E-state index is 0.0795. The summed E-state index contributed by atoms with van der Waals surface area (Å²) in [5.74, 6) is 0.139. The number of fused-ring (bicyclic) bond motifs is 1. The zero-order valence-electron chi connectivity index (χ0n) is 10.1. The van der Waals surface area contributed by atoms with Gasteiger partial charge in [0.05, 0.1) is 5.69 Å². The van der Waals surface area contributed by atoms with Gasteiger partial charge in [0, 0.05) is 19.6 Å². The summed E-state index contributed by atoms with van der Waals surface area (Å²) in [6.07, 6.45) is 2.36. The third-order valence-electron chi connectivity index (χ3n) is 3.95. The molecule has 3 nitrogen and oxygen atoms in total. The van der Waals surface area contributed by atoms with Gasteiger partial charge in [-0.3, -0.25) is 4.79 Å². The molecule has 1 unspecified atom stereocenters. The van der Waals surface area contributed by atoms with Crippen LogP contribution in [-0.2, 0) is 9.53 Å². The van der Waals surface area contributed by atoms with Crippen molar-refractivity contribution in [2.24, 2.45) is 5.92 Å². The van der Waals surface area contributed by atoms with E-state index in [1.54, 1.807) is 6.07 Å². The van der Waals surface area contributed by atoms with Crippen molar-refractivity contribution in [2.75, 3.05) is 18.5 Å². The van der Waals surface area contributed by atoms with E-state index in [-0.39, 0.29) is 17.6 Å². The molecule has 96 valence electrons. The molecule has 1 atom stereocenters. The third-order valence-corrected chi connectivity index (χ3v) is 3.95. The maximum atomic E-state index is 13.7. The highest BCUT2D eigenvalue weighted by Gasteiger charge is 2.33. The number of carbonyl (C=O) groups is 1. The largest absolute Gasteiger partial charge is 0.381 e. The molecule has 0 bridgehead atoms. The maximum Gasteiger partial charge on any atom is 0.225 e. The monoisotopic (exact) mass is 249 g/mol. The van der Waals surface area contributed by atoms with Gasteiger partial charge in [0.2, 0.25) is 5.91 Å². The predicted octanol–water partition coefficient (Wildman–Crippen LogP) is 2.68. The van der Waals surface area contributed by atoms with Gasteiger partial charge in [-0.05, 0) is 36.3 Å². The van der Waals surface area contributed by atoms with E-state index in [1.807, 2.05) is 6.07 Å². The van der Waals surface area contributed by atoms with Crippen molar-refractivity contribution < 1.29 is 13.9 Å². The number of carbonyl (C=O) groups excluding carboxylic acids is 1. The predicted molar refractivity (Wildman–Crippen MR) is 65.9 cm³/mol. The van der Waals surface area contributed by atoms with E-state index in [0.717, 1.165) is 31.6 Å². The SMILES string of the molecule is O=C1CC(C2CCOCC2)c2cccc(F)c2N1. The second-order valence-electron chi connectivity index (χ2n) is 5.01. The lowest BCUT2D eigenvalue weighted by Gasteiger charge is -2.34. The van der Waals surface area contributed by atoms with Gasteiger partial charge in [-0.25, -0.2) is 4.39 Å². The van der Waals surface area contributed by atoms with Crippen LogP contribution in [0.1, 0.15) is 30.7 Å². The molecule has 3 rings (SSSR count). The Morgan fingerprint density at radius 3 is 2.83 bits per heavy atom. The van der Waals surface area contributed by atoms with Gasteiger partial charge in [0.15, 0.2) is 0 Å². The van der Waals surface area contributed by atoms with Crippen molar-refractivity contribution >= 4 is 11.6 Å². The highest BCUT2D eigenvalue weighted by molar-refractivity contribution is 5.94. The molecule has 0 aromatic heterocycles. The van der Waals surface area contributed by atoms with Crippen molar-refractivity contribution in [3.05, 3.63) is 29.6 Å². The van der Waals surface area contributed by atoms with E-state index >= 15 is 0 Å². The highest BCUT2D eigenvalue weighted by atomic mass is 19.1. The van der Waals surface area contributed by atoms with Crippen LogP contribution in [-0.4, -0.2) is 19.1 Å². The topological polar surface area (TPSA) is 38.3 Å². The Kier molecular flexibility index (Phi) is 3.04. The lowest BCUT2D eigenvalue weighted by Crippen LogP contribution is -2.30. The summed E-state index contributed by atoms with van der Waals surface area (Å²) >= 11 is 0. The number of rotatable bonds is 1. The summed E-state index contributed by atoms with van der Waals surface area (Å²) in [4.78, 5) is 11.7. The average molecular weight is 249 g/mol.